The van der Waals surface area contributed by atoms with Gasteiger partial charge in [0.15, 0.2) is 0 Å². The molecule has 1 heterocycles. The molecule has 0 atom stereocenters. The smallest absolute Gasteiger partial charge is 0.0929 e. The maximum absolute atomic E-state index is 4.29. The van der Waals surface area contributed by atoms with Crippen molar-refractivity contribution in [3.8, 4) is 0 Å². The molecule has 0 bridgehead atoms. The van der Waals surface area contributed by atoms with Crippen LogP contribution in [-0.4, -0.2) is 27.8 Å². The van der Waals surface area contributed by atoms with Gasteiger partial charge in [0.1, 0.15) is 0 Å². The number of rotatable bonds is 3. The van der Waals surface area contributed by atoms with Crippen LogP contribution in [0.15, 0.2) is 16.9 Å². The minimum atomic E-state index is 0.735. The van der Waals surface area contributed by atoms with E-state index in [0.29, 0.717) is 0 Å². The third kappa shape index (κ3) is 3.08. The van der Waals surface area contributed by atoms with Gasteiger partial charge in [0.2, 0.25) is 0 Å². The SMILES string of the molecule is CC1CCC(N(C)Cn2cc(Br)cn2)CC1. The molecule has 0 spiro atoms. The molecule has 90 valence electrons. The fourth-order valence-corrected chi connectivity index (χ4v) is 2.77. The first kappa shape index (κ1) is 12.1. The second-order valence-corrected chi connectivity index (χ2v) is 5.93. The zero-order valence-electron chi connectivity index (χ0n) is 10.1. The highest BCUT2D eigenvalue weighted by Gasteiger charge is 2.21. The summed E-state index contributed by atoms with van der Waals surface area (Å²) in [7, 11) is 2.20. The number of hydrogen-bond acceptors (Lipinski definition) is 2. The Morgan fingerprint density at radius 1 is 1.44 bits per heavy atom. The molecule has 3 nitrogen and oxygen atoms in total. The molecule has 0 unspecified atom stereocenters. The largest absolute Gasteiger partial charge is 0.285 e. The maximum atomic E-state index is 4.29. The molecule has 0 aromatic carbocycles. The summed E-state index contributed by atoms with van der Waals surface area (Å²) in [6.45, 7) is 3.26. The van der Waals surface area contributed by atoms with Gasteiger partial charge in [-0.3, -0.25) is 9.58 Å². The molecule has 1 fully saturated rings. The van der Waals surface area contributed by atoms with E-state index in [1.165, 1.54) is 25.7 Å². The molecule has 1 aromatic heterocycles. The lowest BCUT2D eigenvalue weighted by Crippen LogP contribution is -2.36. The normalized spacial score (nSPS) is 26.2. The van der Waals surface area contributed by atoms with Gasteiger partial charge in [-0.2, -0.15) is 5.10 Å². The first-order chi connectivity index (χ1) is 7.65. The van der Waals surface area contributed by atoms with Crippen molar-refractivity contribution in [1.82, 2.24) is 14.7 Å². The lowest BCUT2D eigenvalue weighted by molar-refractivity contribution is 0.131. The first-order valence-corrected chi connectivity index (χ1v) is 6.82. The Balaban J connectivity index is 1.85. The molecule has 0 aliphatic heterocycles. The van der Waals surface area contributed by atoms with Crippen LogP contribution in [0.2, 0.25) is 0 Å². The van der Waals surface area contributed by atoms with Crippen LogP contribution in [0.4, 0.5) is 0 Å². The Bertz CT molecular complexity index is 329. The molecule has 16 heavy (non-hydrogen) atoms. The molecule has 2 rings (SSSR count). The van der Waals surface area contributed by atoms with Crippen molar-refractivity contribution in [3.05, 3.63) is 16.9 Å². The van der Waals surface area contributed by atoms with Crippen molar-refractivity contribution in [2.75, 3.05) is 7.05 Å². The van der Waals surface area contributed by atoms with Gasteiger partial charge in [-0.15, -0.1) is 0 Å². The molecule has 1 saturated carbocycles. The van der Waals surface area contributed by atoms with E-state index in [9.17, 15) is 0 Å². The average Bonchev–Trinajstić information content (AvgIpc) is 2.65. The van der Waals surface area contributed by atoms with Gasteiger partial charge < -0.3 is 0 Å². The van der Waals surface area contributed by atoms with E-state index in [4.69, 9.17) is 0 Å². The molecule has 1 aliphatic rings. The van der Waals surface area contributed by atoms with Gasteiger partial charge in [0.25, 0.3) is 0 Å². The second-order valence-electron chi connectivity index (χ2n) is 5.01. The van der Waals surface area contributed by atoms with Gasteiger partial charge in [0.05, 0.1) is 17.3 Å². The van der Waals surface area contributed by atoms with Crippen molar-refractivity contribution < 1.29 is 0 Å². The molecular weight excluding hydrogens is 266 g/mol. The summed E-state index contributed by atoms with van der Waals surface area (Å²) in [4.78, 5) is 2.42. The topological polar surface area (TPSA) is 21.1 Å². The predicted molar refractivity (Wildman–Crippen MR) is 69.1 cm³/mol. The summed E-state index contributed by atoms with van der Waals surface area (Å²) in [5, 5.41) is 4.29. The Hall–Kier alpha value is -0.350. The van der Waals surface area contributed by atoms with Gasteiger partial charge in [0, 0.05) is 12.2 Å². The fourth-order valence-electron chi connectivity index (χ4n) is 2.44. The maximum Gasteiger partial charge on any atom is 0.0929 e. The van der Waals surface area contributed by atoms with E-state index in [1.807, 2.05) is 17.1 Å². The minimum absolute atomic E-state index is 0.735. The van der Waals surface area contributed by atoms with E-state index in [-0.39, 0.29) is 0 Å². The third-order valence-electron chi connectivity index (χ3n) is 3.58. The van der Waals surface area contributed by atoms with Crippen LogP contribution in [-0.2, 0) is 6.67 Å². The number of halogens is 1. The van der Waals surface area contributed by atoms with Crippen LogP contribution >= 0.6 is 15.9 Å². The molecule has 0 saturated heterocycles. The highest BCUT2D eigenvalue weighted by Crippen LogP contribution is 2.26. The highest BCUT2D eigenvalue weighted by molar-refractivity contribution is 9.10. The molecule has 0 N–H and O–H groups in total. The average molecular weight is 286 g/mol. The van der Waals surface area contributed by atoms with Crippen LogP contribution < -0.4 is 0 Å². The van der Waals surface area contributed by atoms with Crippen LogP contribution in [0.3, 0.4) is 0 Å². The minimum Gasteiger partial charge on any atom is -0.285 e. The van der Waals surface area contributed by atoms with Crippen molar-refractivity contribution in [3.63, 3.8) is 0 Å². The highest BCUT2D eigenvalue weighted by atomic mass is 79.9. The Morgan fingerprint density at radius 3 is 2.69 bits per heavy atom. The lowest BCUT2D eigenvalue weighted by Gasteiger charge is -2.33. The number of aromatic nitrogens is 2. The standard InChI is InChI=1S/C12H20BrN3/c1-10-3-5-12(6-4-10)15(2)9-16-8-11(13)7-14-16/h7-8,10,12H,3-6,9H2,1-2H3. The summed E-state index contributed by atoms with van der Waals surface area (Å²) in [5.74, 6) is 0.920. The van der Waals surface area contributed by atoms with E-state index in [1.54, 1.807) is 0 Å². The van der Waals surface area contributed by atoms with E-state index >= 15 is 0 Å². The van der Waals surface area contributed by atoms with Crippen molar-refractivity contribution in [1.29, 1.82) is 0 Å². The van der Waals surface area contributed by atoms with Crippen molar-refractivity contribution in [2.45, 2.75) is 45.3 Å². The molecule has 0 amide bonds. The van der Waals surface area contributed by atoms with Crippen LogP contribution in [0, 0.1) is 5.92 Å². The summed E-state index contributed by atoms with van der Waals surface area (Å²) in [5.41, 5.74) is 0. The first-order valence-electron chi connectivity index (χ1n) is 6.03. The zero-order chi connectivity index (χ0) is 11.5. The lowest BCUT2D eigenvalue weighted by atomic mass is 9.87. The van der Waals surface area contributed by atoms with Gasteiger partial charge in [-0.1, -0.05) is 6.92 Å². The summed E-state index contributed by atoms with van der Waals surface area (Å²) in [6.07, 6.45) is 9.29. The van der Waals surface area contributed by atoms with E-state index in [2.05, 4.69) is 39.9 Å². The monoisotopic (exact) mass is 285 g/mol. The molecular formula is C12H20BrN3. The Labute approximate surface area is 106 Å². The van der Waals surface area contributed by atoms with Gasteiger partial charge in [-0.25, -0.2) is 0 Å². The Morgan fingerprint density at radius 2 is 2.12 bits per heavy atom. The summed E-state index contributed by atoms with van der Waals surface area (Å²) >= 11 is 3.42. The molecule has 1 aliphatic carbocycles. The Kier molecular flexibility index (Phi) is 4.03. The van der Waals surface area contributed by atoms with Crippen molar-refractivity contribution in [2.24, 2.45) is 5.92 Å². The van der Waals surface area contributed by atoms with Gasteiger partial charge in [-0.05, 0) is 54.6 Å². The van der Waals surface area contributed by atoms with Crippen LogP contribution in [0.25, 0.3) is 0 Å². The molecule has 4 heteroatoms. The molecule has 1 aromatic rings. The zero-order valence-corrected chi connectivity index (χ0v) is 11.7. The number of hydrogen-bond donors (Lipinski definition) is 0. The van der Waals surface area contributed by atoms with Gasteiger partial charge >= 0.3 is 0 Å². The van der Waals surface area contributed by atoms with E-state index < -0.39 is 0 Å². The third-order valence-corrected chi connectivity index (χ3v) is 3.99. The van der Waals surface area contributed by atoms with E-state index in [0.717, 1.165) is 23.1 Å². The second kappa shape index (κ2) is 5.32. The molecule has 0 radical (unpaired) electrons. The number of nitrogens with zero attached hydrogens (tertiary/aromatic N) is 3. The predicted octanol–water partition coefficient (Wildman–Crippen LogP) is 3.11. The summed E-state index contributed by atoms with van der Waals surface area (Å²) in [6, 6.07) is 0.735. The van der Waals surface area contributed by atoms with Crippen LogP contribution in [0.5, 0.6) is 0 Å². The van der Waals surface area contributed by atoms with Crippen LogP contribution in [0.1, 0.15) is 32.6 Å². The summed E-state index contributed by atoms with van der Waals surface area (Å²) < 4.78 is 3.04. The van der Waals surface area contributed by atoms with Crippen molar-refractivity contribution >= 4 is 15.9 Å². The quantitative estimate of drug-likeness (QED) is 0.851. The fraction of sp³-hybridized carbons (Fsp3) is 0.750.